The molecule has 2 nitrogen and oxygen atoms in total. The van der Waals surface area contributed by atoms with Gasteiger partial charge in [-0.1, -0.05) is 6.42 Å². The third-order valence-electron chi connectivity index (χ3n) is 3.51. The lowest BCUT2D eigenvalue weighted by Gasteiger charge is -2.39. The van der Waals surface area contributed by atoms with Crippen LogP contribution in [0.3, 0.4) is 0 Å². The highest BCUT2D eigenvalue weighted by Gasteiger charge is 2.30. The van der Waals surface area contributed by atoms with Crippen LogP contribution in [0.2, 0.25) is 0 Å². The molecule has 2 atom stereocenters. The van der Waals surface area contributed by atoms with Crippen molar-refractivity contribution in [2.24, 2.45) is 0 Å². The maximum atomic E-state index is 9.05. The first-order chi connectivity index (χ1) is 6.92. The van der Waals surface area contributed by atoms with Crippen molar-refractivity contribution in [3.63, 3.8) is 0 Å². The minimum atomic E-state index is 0.362. The molecule has 2 rings (SSSR count). The van der Waals surface area contributed by atoms with E-state index in [9.17, 15) is 0 Å². The second-order valence-electron chi connectivity index (χ2n) is 4.42. The van der Waals surface area contributed by atoms with Crippen molar-refractivity contribution in [3.05, 3.63) is 0 Å². The summed E-state index contributed by atoms with van der Waals surface area (Å²) < 4.78 is 0. The van der Waals surface area contributed by atoms with Crippen LogP contribution in [0.4, 0.5) is 0 Å². The van der Waals surface area contributed by atoms with Gasteiger partial charge in [-0.3, -0.25) is 4.90 Å². The lowest BCUT2D eigenvalue weighted by molar-refractivity contribution is 0.0856. The van der Waals surface area contributed by atoms with Crippen molar-refractivity contribution in [3.8, 4) is 0 Å². The molecule has 0 saturated carbocycles. The summed E-state index contributed by atoms with van der Waals surface area (Å²) in [6.45, 7) is 1.64. The first-order valence-electron chi connectivity index (χ1n) is 5.86. The van der Waals surface area contributed by atoms with Gasteiger partial charge in [-0.25, -0.2) is 0 Å². The molecule has 2 aliphatic rings. The Morgan fingerprint density at radius 2 is 2.21 bits per heavy atom. The smallest absolute Gasteiger partial charge is 0.0445 e. The number of aliphatic hydroxyl groups is 1. The van der Waals surface area contributed by atoms with E-state index in [1.807, 2.05) is 0 Å². The number of rotatable bonds is 3. The Bertz CT molecular complexity index is 169. The highest BCUT2D eigenvalue weighted by molar-refractivity contribution is 7.99. The van der Waals surface area contributed by atoms with Crippen LogP contribution < -0.4 is 0 Å². The standard InChI is InChI=1S/C11H21NOS/c13-7-4-10-3-1-2-6-12(10)11-5-8-14-9-11/h10-11,13H,1-9H2. The Morgan fingerprint density at radius 1 is 1.29 bits per heavy atom. The highest BCUT2D eigenvalue weighted by atomic mass is 32.2. The van der Waals surface area contributed by atoms with Crippen LogP contribution in [0.15, 0.2) is 0 Å². The van der Waals surface area contributed by atoms with E-state index in [1.165, 1.54) is 43.7 Å². The van der Waals surface area contributed by atoms with Crippen LogP contribution >= 0.6 is 11.8 Å². The molecule has 3 heteroatoms. The molecule has 0 radical (unpaired) electrons. The number of hydrogen-bond donors (Lipinski definition) is 1. The molecule has 0 aromatic rings. The van der Waals surface area contributed by atoms with Crippen LogP contribution in [0, 0.1) is 0 Å². The van der Waals surface area contributed by atoms with Gasteiger partial charge in [-0.05, 0) is 38.0 Å². The number of likely N-dealkylation sites (tertiary alicyclic amines) is 1. The van der Waals surface area contributed by atoms with Gasteiger partial charge in [0, 0.05) is 24.4 Å². The summed E-state index contributed by atoms with van der Waals surface area (Å²) in [6, 6.07) is 1.49. The van der Waals surface area contributed by atoms with Crippen molar-refractivity contribution in [1.29, 1.82) is 0 Å². The summed E-state index contributed by atoms with van der Waals surface area (Å²) in [5, 5.41) is 9.05. The number of aliphatic hydroxyl groups excluding tert-OH is 1. The predicted molar refractivity (Wildman–Crippen MR) is 61.8 cm³/mol. The summed E-state index contributed by atoms with van der Waals surface area (Å²) in [6.07, 6.45) is 6.39. The molecule has 82 valence electrons. The second-order valence-corrected chi connectivity index (χ2v) is 5.57. The van der Waals surface area contributed by atoms with Crippen molar-refractivity contribution < 1.29 is 5.11 Å². The average molecular weight is 215 g/mol. The third kappa shape index (κ3) is 2.44. The van der Waals surface area contributed by atoms with Crippen molar-refractivity contribution in [2.75, 3.05) is 24.7 Å². The highest BCUT2D eigenvalue weighted by Crippen LogP contribution is 2.29. The van der Waals surface area contributed by atoms with E-state index in [4.69, 9.17) is 5.11 Å². The zero-order chi connectivity index (χ0) is 9.80. The summed E-state index contributed by atoms with van der Waals surface area (Å²) in [5.74, 6) is 2.66. The maximum absolute atomic E-state index is 9.05. The molecule has 2 aliphatic heterocycles. The van der Waals surface area contributed by atoms with Gasteiger partial charge in [0.1, 0.15) is 0 Å². The molecule has 0 spiro atoms. The first-order valence-corrected chi connectivity index (χ1v) is 7.01. The Balaban J connectivity index is 1.91. The number of piperidine rings is 1. The van der Waals surface area contributed by atoms with Gasteiger partial charge in [0.2, 0.25) is 0 Å². The van der Waals surface area contributed by atoms with Crippen LogP contribution in [0.1, 0.15) is 32.1 Å². The van der Waals surface area contributed by atoms with E-state index in [0.29, 0.717) is 12.6 Å². The van der Waals surface area contributed by atoms with Crippen molar-refractivity contribution in [2.45, 2.75) is 44.2 Å². The number of nitrogens with zero attached hydrogens (tertiary/aromatic N) is 1. The van der Waals surface area contributed by atoms with E-state index < -0.39 is 0 Å². The predicted octanol–water partition coefficient (Wildman–Crippen LogP) is 1.73. The third-order valence-corrected chi connectivity index (χ3v) is 4.65. The van der Waals surface area contributed by atoms with Crippen LogP contribution in [0.5, 0.6) is 0 Å². The van der Waals surface area contributed by atoms with Gasteiger partial charge in [0.05, 0.1) is 0 Å². The lowest BCUT2D eigenvalue weighted by Crippen LogP contribution is -2.46. The van der Waals surface area contributed by atoms with Gasteiger partial charge < -0.3 is 5.11 Å². The largest absolute Gasteiger partial charge is 0.396 e. The summed E-state index contributed by atoms with van der Waals surface area (Å²) in [4.78, 5) is 2.68. The minimum Gasteiger partial charge on any atom is -0.396 e. The van der Waals surface area contributed by atoms with Crippen LogP contribution in [0.25, 0.3) is 0 Å². The minimum absolute atomic E-state index is 0.362. The fraction of sp³-hybridized carbons (Fsp3) is 1.00. The summed E-state index contributed by atoms with van der Waals surface area (Å²) in [7, 11) is 0. The Kier molecular flexibility index (Phi) is 4.14. The van der Waals surface area contributed by atoms with Gasteiger partial charge in [-0.15, -0.1) is 0 Å². The summed E-state index contributed by atoms with van der Waals surface area (Å²) >= 11 is 2.09. The molecule has 0 amide bonds. The molecule has 1 N–H and O–H groups in total. The van der Waals surface area contributed by atoms with Crippen LogP contribution in [-0.2, 0) is 0 Å². The molecule has 14 heavy (non-hydrogen) atoms. The first kappa shape index (κ1) is 10.8. The topological polar surface area (TPSA) is 23.5 Å². The normalized spacial score (nSPS) is 34.9. The molecule has 0 aromatic carbocycles. The Labute approximate surface area is 91.1 Å². The average Bonchev–Trinajstić information content (AvgIpc) is 2.72. The van der Waals surface area contributed by atoms with Gasteiger partial charge in [0.25, 0.3) is 0 Å². The fourth-order valence-corrected chi connectivity index (χ4v) is 3.98. The molecule has 0 aliphatic carbocycles. The lowest BCUT2D eigenvalue weighted by atomic mass is 9.97. The second kappa shape index (κ2) is 5.38. The van der Waals surface area contributed by atoms with Gasteiger partial charge >= 0.3 is 0 Å². The summed E-state index contributed by atoms with van der Waals surface area (Å²) in [5.41, 5.74) is 0. The molecule has 2 fully saturated rings. The van der Waals surface area contributed by atoms with E-state index in [0.717, 1.165) is 12.5 Å². The molecule has 0 bridgehead atoms. The molecule has 2 unspecified atom stereocenters. The zero-order valence-corrected chi connectivity index (χ0v) is 9.64. The monoisotopic (exact) mass is 215 g/mol. The number of thioether (sulfide) groups is 1. The van der Waals surface area contributed by atoms with Gasteiger partial charge in [-0.2, -0.15) is 11.8 Å². The van der Waals surface area contributed by atoms with E-state index >= 15 is 0 Å². The Hall–Kier alpha value is 0.270. The van der Waals surface area contributed by atoms with E-state index in [2.05, 4.69) is 16.7 Å². The van der Waals surface area contributed by atoms with E-state index in [1.54, 1.807) is 0 Å². The van der Waals surface area contributed by atoms with Crippen molar-refractivity contribution >= 4 is 11.8 Å². The number of hydrogen-bond acceptors (Lipinski definition) is 3. The quantitative estimate of drug-likeness (QED) is 0.775. The SMILES string of the molecule is OCCC1CCCCN1C1CCSC1. The van der Waals surface area contributed by atoms with Crippen LogP contribution in [-0.4, -0.2) is 46.7 Å². The molecule has 0 aromatic heterocycles. The maximum Gasteiger partial charge on any atom is 0.0445 e. The molecular weight excluding hydrogens is 194 g/mol. The Morgan fingerprint density at radius 3 is 2.93 bits per heavy atom. The zero-order valence-electron chi connectivity index (χ0n) is 8.82. The molecule has 2 saturated heterocycles. The molecular formula is C11H21NOS. The molecule has 2 heterocycles. The van der Waals surface area contributed by atoms with Crippen molar-refractivity contribution in [1.82, 2.24) is 4.90 Å². The van der Waals surface area contributed by atoms with E-state index in [-0.39, 0.29) is 0 Å². The fourth-order valence-electron chi connectivity index (χ4n) is 2.75. The van der Waals surface area contributed by atoms with Gasteiger partial charge in [0.15, 0.2) is 0 Å².